The highest BCUT2D eigenvalue weighted by atomic mass is 35.5. The first-order valence-electron chi connectivity index (χ1n) is 13.5. The van der Waals surface area contributed by atoms with Crippen LogP contribution in [0.3, 0.4) is 0 Å². The maximum atomic E-state index is 14.8. The molecule has 202 valence electrons. The second kappa shape index (κ2) is 8.78. The summed E-state index contributed by atoms with van der Waals surface area (Å²) in [5.41, 5.74) is 0.870. The first kappa shape index (κ1) is 25.1. The van der Waals surface area contributed by atoms with Crippen LogP contribution < -0.4 is 15.4 Å². The van der Waals surface area contributed by atoms with Crippen molar-refractivity contribution in [3.05, 3.63) is 101 Å². The Labute approximate surface area is 237 Å². The summed E-state index contributed by atoms with van der Waals surface area (Å²) in [6.45, 7) is 6.47. The van der Waals surface area contributed by atoms with Gasteiger partial charge in [0.05, 0.1) is 5.92 Å². The van der Waals surface area contributed by atoms with Crippen LogP contribution in [0.5, 0.6) is 5.75 Å². The lowest BCUT2D eigenvalue weighted by molar-refractivity contribution is -0.137. The van der Waals surface area contributed by atoms with E-state index in [1.165, 1.54) is 0 Å². The number of aryl methyl sites for hydroxylation is 1. The molecule has 0 unspecified atom stereocenters. The Balaban J connectivity index is 1.54. The van der Waals surface area contributed by atoms with Gasteiger partial charge in [0.2, 0.25) is 5.91 Å². The van der Waals surface area contributed by atoms with Gasteiger partial charge in [-0.15, -0.1) is 0 Å². The van der Waals surface area contributed by atoms with E-state index < -0.39 is 16.9 Å². The normalized spacial score (nSPS) is 27.9. The number of ketones is 1. The summed E-state index contributed by atoms with van der Waals surface area (Å²) in [6.07, 6.45) is 3.13. The molecular formula is C32H28ClN3O4. The number of ether oxygens (including phenoxy) is 1. The van der Waals surface area contributed by atoms with Crippen LogP contribution in [0.4, 0.5) is 11.4 Å². The van der Waals surface area contributed by atoms with Gasteiger partial charge >= 0.3 is 0 Å². The van der Waals surface area contributed by atoms with Gasteiger partial charge in [-0.3, -0.25) is 19.3 Å². The molecule has 7 rings (SSSR count). The minimum absolute atomic E-state index is 0.190. The largest absolute Gasteiger partial charge is 0.490 e. The van der Waals surface area contributed by atoms with Crippen molar-refractivity contribution in [2.75, 3.05) is 23.8 Å². The Bertz CT molecular complexity index is 1640. The first-order valence-corrected chi connectivity index (χ1v) is 13.9. The number of nitrogens with one attached hydrogen (secondary N) is 2. The predicted octanol–water partition coefficient (Wildman–Crippen LogP) is 5.23. The van der Waals surface area contributed by atoms with E-state index >= 15 is 0 Å². The molecule has 4 aliphatic rings. The maximum Gasteiger partial charge on any atom is 0.251 e. The van der Waals surface area contributed by atoms with Crippen molar-refractivity contribution < 1.29 is 19.1 Å². The Morgan fingerprint density at radius 2 is 1.93 bits per heavy atom. The number of para-hydroxylation sites is 1. The van der Waals surface area contributed by atoms with Crippen LogP contribution in [0, 0.1) is 12.8 Å². The highest BCUT2D eigenvalue weighted by molar-refractivity contribution is 6.31. The molecule has 2 amide bonds. The summed E-state index contributed by atoms with van der Waals surface area (Å²) in [4.78, 5) is 46.0. The van der Waals surface area contributed by atoms with E-state index in [1.54, 1.807) is 36.4 Å². The molecular weight excluding hydrogens is 526 g/mol. The summed E-state index contributed by atoms with van der Waals surface area (Å²) >= 11 is 6.62. The molecule has 4 atom stereocenters. The zero-order valence-corrected chi connectivity index (χ0v) is 22.8. The molecule has 2 saturated heterocycles. The molecule has 7 nitrogen and oxygen atoms in total. The molecule has 2 spiro atoms. The number of carbonyl (C=O) groups is 3. The van der Waals surface area contributed by atoms with Crippen molar-refractivity contribution in [2.45, 2.75) is 36.8 Å². The number of anilines is 2. The average molecular weight is 554 g/mol. The number of nitrogens with zero attached hydrogens (tertiary/aromatic N) is 1. The number of amides is 2. The Kier molecular flexibility index (Phi) is 5.50. The van der Waals surface area contributed by atoms with Gasteiger partial charge in [-0.1, -0.05) is 54.6 Å². The lowest BCUT2D eigenvalue weighted by atomic mass is 9.57. The fourth-order valence-corrected chi connectivity index (χ4v) is 8.16. The van der Waals surface area contributed by atoms with Gasteiger partial charge in [-0.25, -0.2) is 0 Å². The Hall–Kier alpha value is -3.94. The molecule has 8 heteroatoms. The van der Waals surface area contributed by atoms with Gasteiger partial charge in [0.1, 0.15) is 23.3 Å². The molecule has 40 heavy (non-hydrogen) atoms. The van der Waals surface area contributed by atoms with Crippen LogP contribution in [0.15, 0.2) is 73.3 Å². The van der Waals surface area contributed by atoms with Crippen molar-refractivity contribution in [3.63, 3.8) is 0 Å². The molecule has 2 N–H and O–H groups in total. The second-order valence-electron chi connectivity index (χ2n) is 11.0. The van der Waals surface area contributed by atoms with Crippen LogP contribution >= 0.6 is 11.6 Å². The van der Waals surface area contributed by atoms with Crippen LogP contribution in [0.25, 0.3) is 0 Å². The van der Waals surface area contributed by atoms with Crippen molar-refractivity contribution in [2.24, 2.45) is 5.92 Å². The highest BCUT2D eigenvalue weighted by Gasteiger charge is 2.81. The standard InChI is InChI=1S/C32H28ClN3O4/c1-3-14-40-21-9-6-8-19(16-21)28(37)26-25-12-7-13-36(25)32(23-17-20(33)15-18(2)27(23)35-30(32)39)31(26)22-10-4-5-11-24(22)34-29(31)38/h3-6,8-11,15-17,25-26H,1,7,12-14H2,2H3,(H,34,38)(H,35,39)/t25-,26+,31+,32+/m1/s1. The molecule has 2 fully saturated rings. The third-order valence-corrected chi connectivity index (χ3v) is 9.35. The fraction of sp³-hybridized carbons (Fsp3) is 0.281. The van der Waals surface area contributed by atoms with Gasteiger partial charge < -0.3 is 15.4 Å². The van der Waals surface area contributed by atoms with Crippen LogP contribution in [-0.4, -0.2) is 41.7 Å². The quantitative estimate of drug-likeness (QED) is 0.334. The van der Waals surface area contributed by atoms with Crippen molar-refractivity contribution in [3.8, 4) is 5.75 Å². The number of rotatable bonds is 5. The first-order chi connectivity index (χ1) is 19.3. The second-order valence-corrected chi connectivity index (χ2v) is 11.4. The molecule has 3 aromatic carbocycles. The Morgan fingerprint density at radius 1 is 1.10 bits per heavy atom. The summed E-state index contributed by atoms with van der Waals surface area (Å²) in [5.74, 6) is -1.13. The summed E-state index contributed by atoms with van der Waals surface area (Å²) < 4.78 is 5.73. The van der Waals surface area contributed by atoms with E-state index in [9.17, 15) is 14.4 Å². The molecule has 0 aliphatic carbocycles. The average Bonchev–Trinajstić information content (AvgIpc) is 3.66. The summed E-state index contributed by atoms with van der Waals surface area (Å²) in [7, 11) is 0. The number of hydrogen-bond donors (Lipinski definition) is 2. The third kappa shape index (κ3) is 2.96. The third-order valence-electron chi connectivity index (χ3n) is 9.14. The van der Waals surface area contributed by atoms with Gasteiger partial charge in [0.15, 0.2) is 5.78 Å². The van der Waals surface area contributed by atoms with E-state index in [2.05, 4.69) is 22.1 Å². The number of halogens is 1. The highest BCUT2D eigenvalue weighted by Crippen LogP contribution is 2.68. The number of hydrogen-bond acceptors (Lipinski definition) is 5. The van der Waals surface area contributed by atoms with Crippen molar-refractivity contribution in [1.82, 2.24) is 4.90 Å². The molecule has 0 saturated carbocycles. The molecule has 4 aliphatic heterocycles. The minimum atomic E-state index is -1.52. The SMILES string of the molecule is C=CCOc1cccc(C(=O)[C@@H]2[C@H]3CCCN3[C@@]3(C(=O)Nc4c(C)cc(Cl)cc43)[C@]23C(=O)Nc2ccccc23)c1. The lowest BCUT2D eigenvalue weighted by Gasteiger charge is -2.43. The topological polar surface area (TPSA) is 87.7 Å². The van der Waals surface area contributed by atoms with E-state index in [0.717, 1.165) is 12.0 Å². The molecule has 0 aromatic heterocycles. The van der Waals surface area contributed by atoms with Gasteiger partial charge in [-0.05, 0) is 67.8 Å². The summed E-state index contributed by atoms with van der Waals surface area (Å²) in [6, 6.07) is 17.7. The smallest absolute Gasteiger partial charge is 0.251 e. The van der Waals surface area contributed by atoms with Gasteiger partial charge in [0.25, 0.3) is 5.91 Å². The van der Waals surface area contributed by atoms with E-state index in [-0.39, 0.29) is 23.6 Å². The van der Waals surface area contributed by atoms with E-state index in [4.69, 9.17) is 16.3 Å². The van der Waals surface area contributed by atoms with Gasteiger partial charge in [0, 0.05) is 33.6 Å². The van der Waals surface area contributed by atoms with Gasteiger partial charge in [-0.2, -0.15) is 0 Å². The van der Waals surface area contributed by atoms with Crippen LogP contribution in [0.1, 0.15) is 39.9 Å². The van der Waals surface area contributed by atoms with E-state index in [0.29, 0.717) is 58.4 Å². The van der Waals surface area contributed by atoms with Crippen LogP contribution in [0.2, 0.25) is 5.02 Å². The molecule has 3 aromatic rings. The molecule has 0 radical (unpaired) electrons. The zero-order chi connectivity index (χ0) is 27.8. The van der Waals surface area contributed by atoms with Crippen LogP contribution in [-0.2, 0) is 20.5 Å². The maximum absolute atomic E-state index is 14.8. The number of carbonyl (C=O) groups excluding carboxylic acids is 3. The molecule has 4 heterocycles. The van der Waals surface area contributed by atoms with Crippen molar-refractivity contribution in [1.29, 1.82) is 0 Å². The van der Waals surface area contributed by atoms with E-state index in [1.807, 2.05) is 37.3 Å². The Morgan fingerprint density at radius 3 is 2.75 bits per heavy atom. The zero-order valence-electron chi connectivity index (χ0n) is 22.0. The fourth-order valence-electron chi connectivity index (χ4n) is 7.89. The summed E-state index contributed by atoms with van der Waals surface area (Å²) in [5, 5.41) is 6.65. The predicted molar refractivity (Wildman–Crippen MR) is 153 cm³/mol. The number of benzene rings is 3. The minimum Gasteiger partial charge on any atom is -0.490 e. The number of fused-ring (bicyclic) bond motifs is 7. The number of Topliss-reactive ketones (excluding diaryl/α,β-unsaturated/α-hetero) is 1. The monoisotopic (exact) mass is 553 g/mol. The van der Waals surface area contributed by atoms with Crippen molar-refractivity contribution >= 4 is 40.6 Å². The molecule has 0 bridgehead atoms. The lowest BCUT2D eigenvalue weighted by Crippen LogP contribution is -2.62.